The van der Waals surface area contributed by atoms with E-state index in [4.69, 9.17) is 11.6 Å². The lowest BCUT2D eigenvalue weighted by Gasteiger charge is -2.14. The van der Waals surface area contributed by atoms with Crippen molar-refractivity contribution in [2.45, 2.75) is 32.7 Å². The van der Waals surface area contributed by atoms with Crippen LogP contribution in [0, 0.1) is 0 Å². The highest BCUT2D eigenvalue weighted by molar-refractivity contribution is 6.28. The van der Waals surface area contributed by atoms with E-state index in [9.17, 15) is 0 Å². The first-order chi connectivity index (χ1) is 8.22. The monoisotopic (exact) mass is 249 g/mol. The van der Waals surface area contributed by atoms with E-state index < -0.39 is 0 Å². The van der Waals surface area contributed by atoms with Gasteiger partial charge in [0, 0.05) is 13.0 Å². The van der Waals surface area contributed by atoms with Crippen molar-refractivity contribution in [1.82, 2.24) is 14.8 Å². The molecule has 0 saturated carbocycles. The van der Waals surface area contributed by atoms with Crippen LogP contribution in [0.15, 0.2) is 30.3 Å². The van der Waals surface area contributed by atoms with Crippen molar-refractivity contribution in [2.24, 2.45) is 0 Å². The summed E-state index contributed by atoms with van der Waals surface area (Å²) >= 11 is 6.04. The van der Waals surface area contributed by atoms with Crippen LogP contribution in [0.2, 0.25) is 5.28 Å². The fourth-order valence-electron chi connectivity index (χ4n) is 1.92. The molecule has 0 fully saturated rings. The van der Waals surface area contributed by atoms with Gasteiger partial charge >= 0.3 is 0 Å². The van der Waals surface area contributed by atoms with Crippen molar-refractivity contribution >= 4 is 11.6 Å². The summed E-state index contributed by atoms with van der Waals surface area (Å²) in [5, 5.41) is 8.45. The van der Waals surface area contributed by atoms with Gasteiger partial charge in [-0.15, -0.1) is 10.2 Å². The maximum absolute atomic E-state index is 6.04. The number of aromatic nitrogens is 3. The van der Waals surface area contributed by atoms with Gasteiger partial charge in [0.1, 0.15) is 5.82 Å². The molecule has 90 valence electrons. The Kier molecular flexibility index (Phi) is 3.79. The Labute approximate surface area is 106 Å². The molecule has 0 saturated heterocycles. The first kappa shape index (κ1) is 12.1. The van der Waals surface area contributed by atoms with E-state index >= 15 is 0 Å². The zero-order valence-electron chi connectivity index (χ0n) is 10.1. The van der Waals surface area contributed by atoms with Crippen molar-refractivity contribution < 1.29 is 0 Å². The van der Waals surface area contributed by atoms with Crippen LogP contribution >= 0.6 is 11.6 Å². The summed E-state index contributed by atoms with van der Waals surface area (Å²) in [4.78, 5) is 0. The SMILES string of the molecule is CCc1nnc(Cl)n1CC(C)c1ccccc1. The average Bonchev–Trinajstić information content (AvgIpc) is 2.71. The summed E-state index contributed by atoms with van der Waals surface area (Å²) in [6.07, 6.45) is 0.848. The standard InChI is InChI=1S/C13H16ClN3/c1-3-12-15-16-13(14)17(12)9-10(2)11-7-5-4-6-8-11/h4-8,10H,3,9H2,1-2H3. The van der Waals surface area contributed by atoms with Crippen molar-refractivity contribution in [3.8, 4) is 0 Å². The molecule has 1 aromatic heterocycles. The predicted octanol–water partition coefficient (Wildman–Crippen LogP) is 3.30. The summed E-state index contributed by atoms with van der Waals surface area (Å²) in [6.45, 7) is 5.06. The smallest absolute Gasteiger partial charge is 0.225 e. The van der Waals surface area contributed by atoms with Gasteiger partial charge in [-0.1, -0.05) is 44.2 Å². The Bertz CT molecular complexity index is 479. The quantitative estimate of drug-likeness (QED) is 0.833. The second kappa shape index (κ2) is 5.32. The van der Waals surface area contributed by atoms with Crippen LogP contribution in [0.1, 0.15) is 31.2 Å². The van der Waals surface area contributed by atoms with Gasteiger partial charge in [0.15, 0.2) is 0 Å². The Hall–Kier alpha value is -1.35. The Morgan fingerprint density at radius 3 is 2.59 bits per heavy atom. The first-order valence-corrected chi connectivity index (χ1v) is 6.22. The highest BCUT2D eigenvalue weighted by Crippen LogP contribution is 2.20. The van der Waals surface area contributed by atoms with Crippen molar-refractivity contribution in [1.29, 1.82) is 0 Å². The van der Waals surface area contributed by atoms with Gasteiger partial charge in [0.05, 0.1) is 0 Å². The summed E-state index contributed by atoms with van der Waals surface area (Å²) in [6, 6.07) is 10.4. The zero-order chi connectivity index (χ0) is 12.3. The van der Waals surface area contributed by atoms with E-state index in [0.717, 1.165) is 18.8 Å². The van der Waals surface area contributed by atoms with Gasteiger partial charge in [-0.3, -0.25) is 0 Å². The molecular formula is C13H16ClN3. The lowest BCUT2D eigenvalue weighted by Crippen LogP contribution is -2.09. The third-order valence-corrected chi connectivity index (χ3v) is 3.20. The van der Waals surface area contributed by atoms with Gasteiger partial charge in [-0.05, 0) is 23.1 Å². The minimum Gasteiger partial charge on any atom is -0.301 e. The normalized spacial score (nSPS) is 12.6. The van der Waals surface area contributed by atoms with E-state index in [-0.39, 0.29) is 0 Å². The van der Waals surface area contributed by atoms with E-state index in [1.165, 1.54) is 5.56 Å². The highest BCUT2D eigenvalue weighted by atomic mass is 35.5. The Balaban J connectivity index is 2.18. The Morgan fingerprint density at radius 2 is 1.94 bits per heavy atom. The number of hydrogen-bond acceptors (Lipinski definition) is 2. The minimum atomic E-state index is 0.398. The molecule has 0 bridgehead atoms. The van der Waals surface area contributed by atoms with Crippen LogP contribution in [0.4, 0.5) is 0 Å². The summed E-state index contributed by atoms with van der Waals surface area (Å²) in [5.41, 5.74) is 1.30. The molecule has 1 unspecified atom stereocenters. The molecule has 1 atom stereocenters. The van der Waals surface area contributed by atoms with Crippen molar-refractivity contribution in [3.05, 3.63) is 47.0 Å². The lowest BCUT2D eigenvalue weighted by molar-refractivity contribution is 0.575. The fraction of sp³-hybridized carbons (Fsp3) is 0.385. The number of hydrogen-bond donors (Lipinski definition) is 0. The van der Waals surface area contributed by atoms with Crippen LogP contribution in [-0.2, 0) is 13.0 Å². The summed E-state index contributed by atoms with van der Waals surface area (Å²) in [7, 11) is 0. The Morgan fingerprint density at radius 1 is 1.24 bits per heavy atom. The number of rotatable bonds is 4. The minimum absolute atomic E-state index is 0.398. The maximum atomic E-state index is 6.04. The molecule has 0 aliphatic carbocycles. The molecule has 0 N–H and O–H groups in total. The molecule has 0 aliphatic heterocycles. The predicted molar refractivity (Wildman–Crippen MR) is 69.3 cm³/mol. The molecule has 0 amide bonds. The molecule has 2 rings (SSSR count). The molecule has 1 aromatic carbocycles. The maximum Gasteiger partial charge on any atom is 0.225 e. The second-order valence-electron chi connectivity index (χ2n) is 4.16. The van der Waals surface area contributed by atoms with Crippen LogP contribution < -0.4 is 0 Å². The van der Waals surface area contributed by atoms with E-state index in [1.807, 2.05) is 10.6 Å². The molecular weight excluding hydrogens is 234 g/mol. The summed E-state index contributed by atoms with van der Waals surface area (Å²) in [5.74, 6) is 1.34. The topological polar surface area (TPSA) is 30.7 Å². The van der Waals surface area contributed by atoms with Crippen molar-refractivity contribution in [3.63, 3.8) is 0 Å². The second-order valence-corrected chi connectivity index (χ2v) is 4.50. The van der Waals surface area contributed by atoms with Crippen LogP contribution in [0.3, 0.4) is 0 Å². The van der Waals surface area contributed by atoms with E-state index in [2.05, 4.69) is 48.3 Å². The van der Waals surface area contributed by atoms with Gasteiger partial charge in [-0.25, -0.2) is 0 Å². The van der Waals surface area contributed by atoms with E-state index in [0.29, 0.717) is 11.2 Å². The third kappa shape index (κ3) is 2.67. The highest BCUT2D eigenvalue weighted by Gasteiger charge is 2.12. The van der Waals surface area contributed by atoms with Gasteiger partial charge < -0.3 is 4.57 Å². The molecule has 1 heterocycles. The van der Waals surface area contributed by atoms with E-state index in [1.54, 1.807) is 0 Å². The molecule has 0 radical (unpaired) electrons. The zero-order valence-corrected chi connectivity index (χ0v) is 10.9. The van der Waals surface area contributed by atoms with Crippen LogP contribution in [0.25, 0.3) is 0 Å². The third-order valence-electron chi connectivity index (χ3n) is 2.92. The van der Waals surface area contributed by atoms with Crippen LogP contribution in [-0.4, -0.2) is 14.8 Å². The average molecular weight is 250 g/mol. The molecule has 0 aliphatic rings. The molecule has 4 heteroatoms. The van der Waals surface area contributed by atoms with Gasteiger partial charge in [0.25, 0.3) is 0 Å². The number of benzene rings is 1. The number of aryl methyl sites for hydroxylation is 1. The molecule has 17 heavy (non-hydrogen) atoms. The van der Waals surface area contributed by atoms with Crippen molar-refractivity contribution in [2.75, 3.05) is 0 Å². The fourth-order valence-corrected chi connectivity index (χ4v) is 2.12. The number of halogens is 1. The van der Waals surface area contributed by atoms with Gasteiger partial charge in [-0.2, -0.15) is 0 Å². The molecule has 2 aromatic rings. The van der Waals surface area contributed by atoms with Gasteiger partial charge in [0.2, 0.25) is 5.28 Å². The first-order valence-electron chi connectivity index (χ1n) is 5.85. The molecule has 0 spiro atoms. The lowest BCUT2D eigenvalue weighted by atomic mass is 10.0. The van der Waals surface area contributed by atoms with Crippen LogP contribution in [0.5, 0.6) is 0 Å². The molecule has 3 nitrogen and oxygen atoms in total. The number of nitrogens with zero attached hydrogens (tertiary/aromatic N) is 3. The largest absolute Gasteiger partial charge is 0.301 e. The summed E-state index contributed by atoms with van der Waals surface area (Å²) < 4.78 is 1.99.